The van der Waals surface area contributed by atoms with Crippen LogP contribution in [0.2, 0.25) is 0 Å². The summed E-state index contributed by atoms with van der Waals surface area (Å²) in [5, 5.41) is 3.91. The minimum Gasteiger partial charge on any atom is -0.465 e. The molecular weight excluding hydrogens is 202 g/mol. The second-order valence-electron chi connectivity index (χ2n) is 2.64. The van der Waals surface area contributed by atoms with Gasteiger partial charge in [-0.1, -0.05) is 0 Å². The van der Waals surface area contributed by atoms with Crippen LogP contribution in [0.1, 0.15) is 15.2 Å². The van der Waals surface area contributed by atoms with E-state index in [1.165, 1.54) is 18.4 Å². The monoisotopic (exact) mass is 215 g/mol. The van der Waals surface area contributed by atoms with Crippen molar-refractivity contribution in [2.45, 2.75) is 6.61 Å². The highest BCUT2D eigenvalue weighted by molar-refractivity contribution is 7.18. The largest absolute Gasteiger partial charge is 0.465 e. The van der Waals surface area contributed by atoms with Crippen molar-refractivity contribution < 1.29 is 14.3 Å². The van der Waals surface area contributed by atoms with Crippen LogP contribution in [0.4, 0.5) is 5.00 Å². The van der Waals surface area contributed by atoms with Crippen LogP contribution in [0.3, 0.4) is 0 Å². The van der Waals surface area contributed by atoms with Crippen LogP contribution in [0.25, 0.3) is 0 Å². The average molecular weight is 215 g/mol. The fourth-order valence-electron chi connectivity index (χ4n) is 1.08. The Labute approximate surface area is 86.8 Å². The van der Waals surface area contributed by atoms with Crippen molar-refractivity contribution in [2.75, 3.05) is 26.6 Å². The van der Waals surface area contributed by atoms with Crippen LogP contribution in [-0.4, -0.2) is 27.2 Å². The molecule has 0 saturated carbocycles. The number of ether oxygens (including phenoxy) is 2. The van der Waals surface area contributed by atoms with E-state index >= 15 is 0 Å². The van der Waals surface area contributed by atoms with E-state index in [0.717, 1.165) is 10.6 Å². The number of hydrogen-bond donors (Lipinski definition) is 1. The van der Waals surface area contributed by atoms with Crippen molar-refractivity contribution in [1.29, 1.82) is 0 Å². The first kappa shape index (κ1) is 11.0. The molecule has 1 rings (SSSR count). The Hall–Kier alpha value is -1.07. The highest BCUT2D eigenvalue weighted by Crippen LogP contribution is 2.27. The van der Waals surface area contributed by atoms with Crippen LogP contribution in [0, 0.1) is 0 Å². The van der Waals surface area contributed by atoms with E-state index < -0.39 is 0 Å². The summed E-state index contributed by atoms with van der Waals surface area (Å²) in [7, 11) is 4.78. The van der Waals surface area contributed by atoms with E-state index in [1.54, 1.807) is 7.11 Å². The number of rotatable bonds is 4. The molecule has 14 heavy (non-hydrogen) atoms. The lowest BCUT2D eigenvalue weighted by Crippen LogP contribution is -2.02. The van der Waals surface area contributed by atoms with E-state index in [2.05, 4.69) is 10.1 Å². The van der Waals surface area contributed by atoms with Crippen molar-refractivity contribution in [1.82, 2.24) is 0 Å². The summed E-state index contributed by atoms with van der Waals surface area (Å²) in [6.45, 7) is 0.419. The molecule has 0 spiro atoms. The summed E-state index contributed by atoms with van der Waals surface area (Å²) >= 11 is 1.37. The molecule has 4 nitrogen and oxygen atoms in total. The summed E-state index contributed by atoms with van der Waals surface area (Å²) in [4.78, 5) is 11.9. The maximum absolute atomic E-state index is 11.3. The number of hydrogen-bond acceptors (Lipinski definition) is 5. The Balaban J connectivity index is 2.99. The summed E-state index contributed by atoms with van der Waals surface area (Å²) in [6.07, 6.45) is 0. The summed E-state index contributed by atoms with van der Waals surface area (Å²) in [5.41, 5.74) is 0.855. The average Bonchev–Trinajstić information content (AvgIpc) is 2.61. The standard InChI is InChI=1S/C9H13NO3S/c1-10-7-4-6(5-12-2)8(14-7)9(11)13-3/h4,10H,5H2,1-3H3. The van der Waals surface area contributed by atoms with Gasteiger partial charge in [-0.25, -0.2) is 4.79 Å². The fourth-order valence-corrected chi connectivity index (χ4v) is 2.02. The lowest BCUT2D eigenvalue weighted by Gasteiger charge is -1.99. The summed E-state index contributed by atoms with van der Waals surface area (Å²) in [6, 6.07) is 1.89. The molecule has 0 saturated heterocycles. The van der Waals surface area contributed by atoms with Gasteiger partial charge < -0.3 is 14.8 Å². The van der Waals surface area contributed by atoms with Crippen molar-refractivity contribution in [2.24, 2.45) is 0 Å². The van der Waals surface area contributed by atoms with E-state index in [1.807, 2.05) is 13.1 Å². The van der Waals surface area contributed by atoms with Gasteiger partial charge in [0.15, 0.2) is 0 Å². The van der Waals surface area contributed by atoms with Crippen LogP contribution >= 0.6 is 11.3 Å². The topological polar surface area (TPSA) is 47.6 Å². The molecule has 0 radical (unpaired) electrons. The Morgan fingerprint density at radius 2 is 2.29 bits per heavy atom. The maximum atomic E-state index is 11.3. The number of methoxy groups -OCH3 is 2. The van der Waals surface area contributed by atoms with E-state index in [0.29, 0.717) is 11.5 Å². The number of carbonyl (C=O) groups excluding carboxylic acids is 1. The molecule has 0 bridgehead atoms. The molecule has 0 aromatic carbocycles. The Morgan fingerprint density at radius 3 is 2.79 bits per heavy atom. The SMILES string of the molecule is CNc1cc(COC)c(C(=O)OC)s1. The molecule has 1 aromatic rings. The number of thiophene rings is 1. The number of anilines is 1. The predicted molar refractivity (Wildman–Crippen MR) is 55.9 cm³/mol. The van der Waals surface area contributed by atoms with Gasteiger partial charge in [0, 0.05) is 19.7 Å². The van der Waals surface area contributed by atoms with Gasteiger partial charge in [0.25, 0.3) is 0 Å². The van der Waals surface area contributed by atoms with Gasteiger partial charge in [-0.05, 0) is 6.07 Å². The smallest absolute Gasteiger partial charge is 0.348 e. The molecule has 0 atom stereocenters. The lowest BCUT2D eigenvalue weighted by atomic mass is 10.2. The van der Waals surface area contributed by atoms with Crippen LogP contribution in [-0.2, 0) is 16.1 Å². The first-order valence-electron chi connectivity index (χ1n) is 4.10. The molecule has 1 aromatic heterocycles. The molecule has 0 amide bonds. The minimum atomic E-state index is -0.316. The third-order valence-electron chi connectivity index (χ3n) is 1.73. The molecule has 1 heterocycles. The van der Waals surface area contributed by atoms with Crippen LogP contribution in [0.5, 0.6) is 0 Å². The maximum Gasteiger partial charge on any atom is 0.348 e. The molecule has 0 aliphatic heterocycles. The zero-order valence-corrected chi connectivity index (χ0v) is 9.23. The van der Waals surface area contributed by atoms with E-state index in [-0.39, 0.29) is 5.97 Å². The second-order valence-corrected chi connectivity index (χ2v) is 3.69. The molecule has 0 aliphatic carbocycles. The van der Waals surface area contributed by atoms with Crippen molar-refractivity contribution in [3.8, 4) is 0 Å². The normalized spacial score (nSPS) is 9.93. The predicted octanol–water partition coefficient (Wildman–Crippen LogP) is 1.72. The molecule has 0 aliphatic rings. The Bertz CT molecular complexity index is 322. The third kappa shape index (κ3) is 2.24. The van der Waals surface area contributed by atoms with Crippen LogP contribution < -0.4 is 5.32 Å². The highest BCUT2D eigenvalue weighted by atomic mass is 32.1. The first-order valence-corrected chi connectivity index (χ1v) is 4.92. The molecule has 5 heteroatoms. The number of esters is 1. The minimum absolute atomic E-state index is 0.316. The van der Waals surface area contributed by atoms with Gasteiger partial charge in [-0.15, -0.1) is 11.3 Å². The van der Waals surface area contributed by atoms with E-state index in [4.69, 9.17) is 4.74 Å². The van der Waals surface area contributed by atoms with Gasteiger partial charge in [0.05, 0.1) is 18.7 Å². The van der Waals surface area contributed by atoms with Crippen LogP contribution in [0.15, 0.2) is 6.07 Å². The quantitative estimate of drug-likeness (QED) is 0.777. The third-order valence-corrected chi connectivity index (χ3v) is 2.90. The lowest BCUT2D eigenvalue weighted by molar-refractivity contribution is 0.0602. The van der Waals surface area contributed by atoms with Gasteiger partial charge in [-0.2, -0.15) is 0 Å². The van der Waals surface area contributed by atoms with Crippen molar-refractivity contribution in [3.63, 3.8) is 0 Å². The van der Waals surface area contributed by atoms with E-state index in [9.17, 15) is 4.79 Å². The number of carbonyl (C=O) groups is 1. The zero-order valence-electron chi connectivity index (χ0n) is 8.42. The molecule has 0 unspecified atom stereocenters. The van der Waals surface area contributed by atoms with Crippen molar-refractivity contribution in [3.05, 3.63) is 16.5 Å². The van der Waals surface area contributed by atoms with Crippen molar-refractivity contribution >= 4 is 22.3 Å². The Kier molecular flexibility index (Phi) is 3.91. The van der Waals surface area contributed by atoms with Gasteiger partial charge in [0.1, 0.15) is 4.88 Å². The second kappa shape index (κ2) is 4.97. The molecule has 0 fully saturated rings. The molecule has 1 N–H and O–H groups in total. The Morgan fingerprint density at radius 1 is 1.57 bits per heavy atom. The van der Waals surface area contributed by atoms with Gasteiger partial charge >= 0.3 is 5.97 Å². The summed E-state index contributed by atoms with van der Waals surface area (Å²) < 4.78 is 9.66. The van der Waals surface area contributed by atoms with Gasteiger partial charge in [0.2, 0.25) is 0 Å². The summed E-state index contributed by atoms with van der Waals surface area (Å²) in [5.74, 6) is -0.316. The first-order chi connectivity index (χ1) is 6.72. The number of nitrogens with one attached hydrogen (secondary N) is 1. The zero-order chi connectivity index (χ0) is 10.6. The molecule has 78 valence electrons. The molecular formula is C9H13NO3S. The fraction of sp³-hybridized carbons (Fsp3) is 0.444. The van der Waals surface area contributed by atoms with Gasteiger partial charge in [-0.3, -0.25) is 0 Å². The highest BCUT2D eigenvalue weighted by Gasteiger charge is 2.15.